The summed E-state index contributed by atoms with van der Waals surface area (Å²) < 4.78 is 9.89. The van der Waals surface area contributed by atoms with Gasteiger partial charge in [0.25, 0.3) is 0 Å². The minimum absolute atomic E-state index is 0.331. The minimum Gasteiger partial charge on any atom is -0.463 e. The molecule has 0 spiro atoms. The minimum atomic E-state index is -0.970. The summed E-state index contributed by atoms with van der Waals surface area (Å²) in [5.41, 5.74) is 0. The van der Waals surface area contributed by atoms with Crippen molar-refractivity contribution in [2.45, 2.75) is 26.1 Å². The van der Waals surface area contributed by atoms with Crippen LogP contribution in [0, 0.1) is 0 Å². The molecule has 0 rings (SSSR count). The fraction of sp³-hybridized carbons (Fsp3) is 0.583. The van der Waals surface area contributed by atoms with Crippen LogP contribution in [0.15, 0.2) is 24.3 Å². The van der Waals surface area contributed by atoms with E-state index in [1.165, 1.54) is 12.2 Å². The van der Waals surface area contributed by atoms with Crippen molar-refractivity contribution in [3.8, 4) is 0 Å². The number of aliphatic hydroxyl groups excluding tert-OH is 2. The molecule has 5 heteroatoms. The third-order valence-corrected chi connectivity index (χ3v) is 1.86. The zero-order chi connectivity index (χ0) is 13.1. The first kappa shape index (κ1) is 15.8. The molecule has 0 aromatic rings. The van der Waals surface area contributed by atoms with Crippen LogP contribution >= 0.6 is 0 Å². The number of aliphatic hydroxyl groups is 2. The van der Waals surface area contributed by atoms with Gasteiger partial charge in [-0.15, -0.1) is 0 Å². The smallest absolute Gasteiger partial charge is 0.330 e. The Kier molecular flexibility index (Phi) is 9.33. The lowest BCUT2D eigenvalue weighted by Gasteiger charge is -2.17. The molecule has 0 aliphatic carbocycles. The maximum absolute atomic E-state index is 10.9. The molecule has 0 heterocycles. The van der Waals surface area contributed by atoms with Gasteiger partial charge in [-0.2, -0.15) is 0 Å². The van der Waals surface area contributed by atoms with Crippen LogP contribution in [-0.4, -0.2) is 48.2 Å². The van der Waals surface area contributed by atoms with E-state index in [9.17, 15) is 9.90 Å². The highest BCUT2D eigenvalue weighted by atomic mass is 16.5. The maximum atomic E-state index is 10.9. The maximum Gasteiger partial charge on any atom is 0.330 e. The van der Waals surface area contributed by atoms with Crippen molar-refractivity contribution >= 4 is 5.97 Å². The summed E-state index contributed by atoms with van der Waals surface area (Å²) in [6.45, 7) is 3.89. The third kappa shape index (κ3) is 7.68. The van der Waals surface area contributed by atoms with E-state index in [0.29, 0.717) is 13.2 Å². The number of hydrogen-bond donors (Lipinski definition) is 2. The lowest BCUT2D eigenvalue weighted by atomic mass is 10.2. The van der Waals surface area contributed by atoms with Gasteiger partial charge in [-0.1, -0.05) is 18.2 Å². The number of allylic oxidation sites excluding steroid dienone is 2. The molecule has 5 nitrogen and oxygen atoms in total. The second-order valence-electron chi connectivity index (χ2n) is 3.17. The highest BCUT2D eigenvalue weighted by molar-refractivity contribution is 5.82. The van der Waals surface area contributed by atoms with E-state index in [1.807, 2.05) is 0 Å². The largest absolute Gasteiger partial charge is 0.463 e. The fourth-order valence-corrected chi connectivity index (χ4v) is 1.09. The Morgan fingerprint density at radius 3 is 2.53 bits per heavy atom. The van der Waals surface area contributed by atoms with Crippen molar-refractivity contribution in [2.24, 2.45) is 0 Å². The zero-order valence-electron chi connectivity index (χ0n) is 10.2. The Labute approximate surface area is 101 Å². The predicted octanol–water partition coefficient (Wildman–Crippen LogP) is 0.420. The first-order chi connectivity index (χ1) is 8.15. The third-order valence-electron chi connectivity index (χ3n) is 1.86. The van der Waals surface area contributed by atoms with Crippen molar-refractivity contribution in [1.82, 2.24) is 0 Å². The van der Waals surface area contributed by atoms with Gasteiger partial charge in [0.1, 0.15) is 12.2 Å². The molecule has 17 heavy (non-hydrogen) atoms. The summed E-state index contributed by atoms with van der Waals surface area (Å²) in [5, 5.41) is 18.2. The van der Waals surface area contributed by atoms with E-state index < -0.39 is 18.2 Å². The van der Waals surface area contributed by atoms with Crippen LogP contribution in [0.3, 0.4) is 0 Å². The van der Waals surface area contributed by atoms with Crippen molar-refractivity contribution in [2.75, 3.05) is 19.8 Å². The Balaban J connectivity index is 4.20. The molecule has 0 aliphatic heterocycles. The molecule has 0 saturated heterocycles. The van der Waals surface area contributed by atoms with Crippen molar-refractivity contribution < 1.29 is 24.5 Å². The summed E-state index contributed by atoms with van der Waals surface area (Å²) in [4.78, 5) is 10.9. The summed E-state index contributed by atoms with van der Waals surface area (Å²) in [6, 6.07) is 0. The van der Waals surface area contributed by atoms with Gasteiger partial charge in [0.05, 0.1) is 13.2 Å². The second kappa shape index (κ2) is 10.0. The van der Waals surface area contributed by atoms with Crippen molar-refractivity contribution in [3.05, 3.63) is 24.3 Å². The van der Waals surface area contributed by atoms with Gasteiger partial charge in [-0.25, -0.2) is 4.79 Å². The Morgan fingerprint density at radius 2 is 2.00 bits per heavy atom. The average Bonchev–Trinajstić information content (AvgIpc) is 2.32. The van der Waals surface area contributed by atoms with Gasteiger partial charge in [-0.3, -0.25) is 0 Å². The Bertz CT molecular complexity index is 260. The summed E-state index contributed by atoms with van der Waals surface area (Å²) in [7, 11) is 0. The number of esters is 1. The summed E-state index contributed by atoms with van der Waals surface area (Å²) in [6.07, 6.45) is 4.35. The lowest BCUT2D eigenvalue weighted by molar-refractivity contribution is -0.137. The number of ether oxygens (including phenoxy) is 2. The molecule has 0 fully saturated rings. The highest BCUT2D eigenvalue weighted by Gasteiger charge is 2.14. The van der Waals surface area contributed by atoms with Gasteiger partial charge < -0.3 is 19.7 Å². The first-order valence-corrected chi connectivity index (χ1v) is 5.57. The van der Waals surface area contributed by atoms with Crippen LogP contribution in [0.5, 0.6) is 0 Å². The standard InChI is InChI=1S/C12H20O5/c1-3-16-11(10(14)9-13)7-5-6-8-12(15)17-4-2/h5-8,10-11,13-14H,3-4,9H2,1-2H3/b7-5+,8-6+/t10?,11-/m1/s1. The average molecular weight is 244 g/mol. The molecule has 98 valence electrons. The van der Waals surface area contributed by atoms with Crippen LogP contribution in [0.2, 0.25) is 0 Å². The van der Waals surface area contributed by atoms with Crippen LogP contribution < -0.4 is 0 Å². The van der Waals surface area contributed by atoms with Gasteiger partial charge in [0, 0.05) is 12.7 Å². The van der Waals surface area contributed by atoms with Crippen LogP contribution in [0.4, 0.5) is 0 Å². The molecule has 2 atom stereocenters. The van der Waals surface area contributed by atoms with E-state index in [-0.39, 0.29) is 6.61 Å². The molecule has 0 amide bonds. The Hall–Kier alpha value is -1.17. The van der Waals surface area contributed by atoms with Crippen molar-refractivity contribution in [1.29, 1.82) is 0 Å². The molecule has 2 N–H and O–H groups in total. The molecule has 0 bridgehead atoms. The molecule has 0 saturated carbocycles. The van der Waals surface area contributed by atoms with E-state index in [4.69, 9.17) is 9.84 Å². The van der Waals surface area contributed by atoms with Crippen molar-refractivity contribution in [3.63, 3.8) is 0 Å². The Morgan fingerprint density at radius 1 is 1.29 bits per heavy atom. The van der Waals surface area contributed by atoms with E-state index in [2.05, 4.69) is 4.74 Å². The van der Waals surface area contributed by atoms with Crippen LogP contribution in [0.25, 0.3) is 0 Å². The summed E-state index contributed by atoms with van der Waals surface area (Å²) in [5.74, 6) is -0.423. The highest BCUT2D eigenvalue weighted by Crippen LogP contribution is 2.01. The van der Waals surface area contributed by atoms with Crippen LogP contribution in [0.1, 0.15) is 13.8 Å². The molecule has 0 aliphatic rings. The molecule has 0 radical (unpaired) electrons. The molecule has 0 aromatic heterocycles. The number of rotatable bonds is 8. The lowest BCUT2D eigenvalue weighted by Crippen LogP contribution is -2.30. The second-order valence-corrected chi connectivity index (χ2v) is 3.17. The van der Waals surface area contributed by atoms with Gasteiger partial charge >= 0.3 is 5.97 Å². The number of carbonyl (C=O) groups excluding carboxylic acids is 1. The topological polar surface area (TPSA) is 76.0 Å². The van der Waals surface area contributed by atoms with Gasteiger partial charge in [-0.05, 0) is 13.8 Å². The normalized spacial score (nSPS) is 15.3. The SMILES string of the molecule is CCOC(=O)/C=C/C=C/[C@@H](OCC)C(O)CO. The predicted molar refractivity (Wildman–Crippen MR) is 63.4 cm³/mol. The number of hydrogen-bond acceptors (Lipinski definition) is 5. The monoisotopic (exact) mass is 244 g/mol. The quantitative estimate of drug-likeness (QED) is 0.367. The molecule has 1 unspecified atom stereocenters. The fourth-order valence-electron chi connectivity index (χ4n) is 1.09. The molecular formula is C12H20O5. The summed E-state index contributed by atoms with van der Waals surface area (Å²) >= 11 is 0. The van der Waals surface area contributed by atoms with Gasteiger partial charge in [0.15, 0.2) is 0 Å². The molecule has 0 aromatic carbocycles. The molecular weight excluding hydrogens is 224 g/mol. The first-order valence-electron chi connectivity index (χ1n) is 5.57. The van der Waals surface area contributed by atoms with Gasteiger partial charge in [0.2, 0.25) is 0 Å². The van der Waals surface area contributed by atoms with E-state index in [0.717, 1.165) is 0 Å². The van der Waals surface area contributed by atoms with E-state index in [1.54, 1.807) is 26.0 Å². The zero-order valence-corrected chi connectivity index (χ0v) is 10.2. The van der Waals surface area contributed by atoms with E-state index >= 15 is 0 Å². The number of carbonyl (C=O) groups is 1. The van der Waals surface area contributed by atoms with Crippen LogP contribution in [-0.2, 0) is 14.3 Å².